The first-order chi connectivity index (χ1) is 15.9. The van der Waals surface area contributed by atoms with Crippen molar-refractivity contribution in [3.8, 4) is 5.75 Å². The maximum absolute atomic E-state index is 12.3. The molecular weight excluding hydrogens is 438 g/mol. The lowest BCUT2D eigenvalue weighted by atomic mass is 9.78. The Morgan fingerprint density at radius 3 is 2.48 bits per heavy atom. The molecule has 0 radical (unpaired) electrons. The van der Waals surface area contributed by atoms with Crippen LogP contribution in [0.25, 0.3) is 0 Å². The third kappa shape index (κ3) is 5.65. The molecule has 2 aromatic heterocycles. The first-order valence-electron chi connectivity index (χ1n) is 10.8. The van der Waals surface area contributed by atoms with Gasteiger partial charge in [-0.3, -0.25) is 9.48 Å². The topological polar surface area (TPSA) is 69.3 Å². The second-order valence-electron chi connectivity index (χ2n) is 8.25. The molecule has 0 unspecified atom stereocenters. The Hall–Kier alpha value is -3.51. The van der Waals surface area contributed by atoms with E-state index in [1.165, 1.54) is 11.1 Å². The van der Waals surface area contributed by atoms with Crippen LogP contribution in [0.4, 0.5) is 0 Å². The van der Waals surface area contributed by atoms with Crippen molar-refractivity contribution in [2.45, 2.75) is 32.4 Å². The number of amides is 1. The Kier molecular flexibility index (Phi) is 6.84. The van der Waals surface area contributed by atoms with E-state index in [0.717, 1.165) is 5.75 Å². The van der Waals surface area contributed by atoms with E-state index in [4.69, 9.17) is 20.8 Å². The zero-order valence-electron chi connectivity index (χ0n) is 18.6. The Morgan fingerprint density at radius 2 is 1.79 bits per heavy atom. The molecule has 1 amide bonds. The van der Waals surface area contributed by atoms with Crippen molar-refractivity contribution < 1.29 is 13.9 Å². The molecule has 7 heteroatoms. The van der Waals surface area contributed by atoms with Crippen LogP contribution >= 0.6 is 11.6 Å². The van der Waals surface area contributed by atoms with Gasteiger partial charge in [-0.15, -0.1) is 0 Å². The van der Waals surface area contributed by atoms with Gasteiger partial charge in [0.2, 0.25) is 0 Å². The van der Waals surface area contributed by atoms with Crippen LogP contribution in [-0.4, -0.2) is 22.2 Å². The average molecular weight is 464 g/mol. The first-order valence-corrected chi connectivity index (χ1v) is 11.1. The highest BCUT2D eigenvalue weighted by atomic mass is 35.5. The van der Waals surface area contributed by atoms with E-state index in [9.17, 15) is 4.79 Å². The van der Waals surface area contributed by atoms with Gasteiger partial charge in [0, 0.05) is 18.2 Å². The summed E-state index contributed by atoms with van der Waals surface area (Å²) in [4.78, 5) is 12.3. The Morgan fingerprint density at radius 1 is 1.06 bits per heavy atom. The van der Waals surface area contributed by atoms with Gasteiger partial charge in [-0.2, -0.15) is 5.10 Å². The SMILES string of the molecule is CC(C)(c1ccccc1)c1ccc(OCc2ccc(C(=O)NCCn3cc(Cl)cn3)o2)cc1. The third-order valence-electron chi connectivity index (χ3n) is 5.57. The van der Waals surface area contributed by atoms with Gasteiger partial charge >= 0.3 is 0 Å². The van der Waals surface area contributed by atoms with Gasteiger partial charge in [-0.05, 0) is 35.4 Å². The number of halogens is 1. The van der Waals surface area contributed by atoms with Crippen LogP contribution in [0.2, 0.25) is 5.02 Å². The van der Waals surface area contributed by atoms with Crippen LogP contribution < -0.4 is 10.1 Å². The van der Waals surface area contributed by atoms with Crippen molar-refractivity contribution in [3.63, 3.8) is 0 Å². The van der Waals surface area contributed by atoms with Gasteiger partial charge in [0.1, 0.15) is 18.1 Å². The monoisotopic (exact) mass is 463 g/mol. The summed E-state index contributed by atoms with van der Waals surface area (Å²) >= 11 is 5.83. The average Bonchev–Trinajstić information content (AvgIpc) is 3.47. The molecule has 0 saturated carbocycles. The molecule has 4 rings (SSSR count). The molecule has 1 N–H and O–H groups in total. The molecule has 170 valence electrons. The van der Waals surface area contributed by atoms with Crippen molar-refractivity contribution in [1.82, 2.24) is 15.1 Å². The highest BCUT2D eigenvalue weighted by Crippen LogP contribution is 2.32. The maximum Gasteiger partial charge on any atom is 0.287 e. The number of hydrogen-bond donors (Lipinski definition) is 1. The second kappa shape index (κ2) is 9.96. The van der Waals surface area contributed by atoms with Crippen LogP contribution in [0.3, 0.4) is 0 Å². The van der Waals surface area contributed by atoms with E-state index >= 15 is 0 Å². The predicted molar refractivity (Wildman–Crippen MR) is 128 cm³/mol. The number of hydrogen-bond acceptors (Lipinski definition) is 4. The van der Waals surface area contributed by atoms with Crippen molar-refractivity contribution in [2.24, 2.45) is 0 Å². The van der Waals surface area contributed by atoms with Gasteiger partial charge in [-0.25, -0.2) is 0 Å². The number of nitrogens with zero attached hydrogens (tertiary/aromatic N) is 2. The molecule has 0 saturated heterocycles. The van der Waals surface area contributed by atoms with Crippen LogP contribution in [0.1, 0.15) is 41.3 Å². The molecule has 0 aliphatic heterocycles. The van der Waals surface area contributed by atoms with Crippen LogP contribution in [0, 0.1) is 0 Å². The minimum Gasteiger partial charge on any atom is -0.486 e. The molecule has 0 spiro atoms. The fourth-order valence-corrected chi connectivity index (χ4v) is 3.71. The molecule has 33 heavy (non-hydrogen) atoms. The van der Waals surface area contributed by atoms with E-state index < -0.39 is 0 Å². The highest BCUT2D eigenvalue weighted by molar-refractivity contribution is 6.30. The van der Waals surface area contributed by atoms with E-state index in [1.807, 2.05) is 18.2 Å². The summed E-state index contributed by atoms with van der Waals surface area (Å²) < 4.78 is 13.1. The molecular formula is C26H26ClN3O3. The normalized spacial score (nSPS) is 11.4. The molecule has 0 atom stereocenters. The zero-order chi connectivity index (χ0) is 23.3. The lowest BCUT2D eigenvalue weighted by Crippen LogP contribution is -2.27. The van der Waals surface area contributed by atoms with Crippen LogP contribution in [0.5, 0.6) is 5.75 Å². The van der Waals surface area contributed by atoms with E-state index in [1.54, 1.807) is 29.2 Å². The van der Waals surface area contributed by atoms with Gasteiger partial charge in [0.15, 0.2) is 5.76 Å². The second-order valence-corrected chi connectivity index (χ2v) is 8.68. The minimum atomic E-state index is -0.285. The van der Waals surface area contributed by atoms with E-state index in [-0.39, 0.29) is 23.7 Å². The zero-order valence-corrected chi connectivity index (χ0v) is 19.4. The molecule has 0 aliphatic carbocycles. The molecule has 0 bridgehead atoms. The van der Waals surface area contributed by atoms with Gasteiger partial charge < -0.3 is 14.5 Å². The lowest BCUT2D eigenvalue weighted by Gasteiger charge is -2.26. The van der Waals surface area contributed by atoms with Gasteiger partial charge in [0.05, 0.1) is 17.8 Å². The van der Waals surface area contributed by atoms with E-state index in [0.29, 0.717) is 23.9 Å². The summed E-state index contributed by atoms with van der Waals surface area (Å²) in [6.45, 7) is 5.58. The predicted octanol–water partition coefficient (Wildman–Crippen LogP) is 5.46. The molecule has 0 aliphatic rings. The number of carbonyl (C=O) groups is 1. The summed E-state index contributed by atoms with van der Waals surface area (Å²) in [7, 11) is 0. The molecule has 0 fully saturated rings. The summed E-state index contributed by atoms with van der Waals surface area (Å²) in [5, 5.41) is 7.43. The molecule has 6 nitrogen and oxygen atoms in total. The third-order valence-corrected chi connectivity index (χ3v) is 5.76. The van der Waals surface area contributed by atoms with Crippen molar-refractivity contribution in [2.75, 3.05) is 6.54 Å². The Balaban J connectivity index is 1.28. The van der Waals surface area contributed by atoms with Crippen molar-refractivity contribution in [1.29, 1.82) is 0 Å². The summed E-state index contributed by atoms with van der Waals surface area (Å²) in [5.74, 6) is 1.27. The number of nitrogens with one attached hydrogen (secondary N) is 1. The largest absolute Gasteiger partial charge is 0.486 e. The van der Waals surface area contributed by atoms with Gasteiger partial charge in [-0.1, -0.05) is 67.9 Å². The fourth-order valence-electron chi connectivity index (χ4n) is 3.55. The number of furan rings is 1. The first kappa shape index (κ1) is 22.7. The standard InChI is InChI=1S/C26H26ClN3O3/c1-26(2,19-6-4-3-5-7-19)20-8-10-22(11-9-20)32-18-23-12-13-24(33-23)25(31)28-14-15-30-17-21(27)16-29-30/h3-13,16-17H,14-15,18H2,1-2H3,(H,28,31). The summed E-state index contributed by atoms with van der Waals surface area (Å²) in [6.07, 6.45) is 3.26. The highest BCUT2D eigenvalue weighted by Gasteiger charge is 2.22. The van der Waals surface area contributed by atoms with Crippen molar-refractivity contribution >= 4 is 17.5 Å². The summed E-state index contributed by atoms with van der Waals surface area (Å²) in [5.41, 5.74) is 2.36. The Bertz CT molecular complexity index is 1200. The quantitative estimate of drug-likeness (QED) is 0.357. The number of rotatable bonds is 9. The van der Waals surface area contributed by atoms with Gasteiger partial charge in [0.25, 0.3) is 5.91 Å². The Labute approximate surface area is 198 Å². The molecule has 2 aromatic carbocycles. The van der Waals surface area contributed by atoms with Crippen LogP contribution in [0.15, 0.2) is 83.5 Å². The molecule has 4 aromatic rings. The fraction of sp³-hybridized carbons (Fsp3) is 0.231. The minimum absolute atomic E-state index is 0.104. The maximum atomic E-state index is 12.3. The summed E-state index contributed by atoms with van der Waals surface area (Å²) in [6, 6.07) is 21.9. The number of aromatic nitrogens is 2. The molecule has 2 heterocycles. The smallest absolute Gasteiger partial charge is 0.287 e. The van der Waals surface area contributed by atoms with Crippen molar-refractivity contribution in [3.05, 3.63) is 107 Å². The van der Waals surface area contributed by atoms with E-state index in [2.05, 4.69) is 60.7 Å². The number of ether oxygens (including phenoxy) is 1. The number of carbonyl (C=O) groups excluding carboxylic acids is 1. The lowest BCUT2D eigenvalue weighted by molar-refractivity contribution is 0.0920. The van der Waals surface area contributed by atoms with Crippen LogP contribution in [-0.2, 0) is 18.6 Å². The number of benzene rings is 2.